The SMILES string of the molecule is CCS(=O)(=O)NC(C)CN1CCOCC1. The maximum atomic E-state index is 11.3. The highest BCUT2D eigenvalue weighted by atomic mass is 32.2. The van der Waals surface area contributed by atoms with Gasteiger partial charge in [-0.3, -0.25) is 4.90 Å². The molecule has 1 unspecified atom stereocenters. The Bertz CT molecular complexity index is 273. The number of morpholine rings is 1. The standard InChI is InChI=1S/C9H20N2O3S/c1-3-15(12,13)10-9(2)8-11-4-6-14-7-5-11/h9-10H,3-8H2,1-2H3. The molecule has 6 heteroatoms. The average molecular weight is 236 g/mol. The summed E-state index contributed by atoms with van der Waals surface area (Å²) in [5.41, 5.74) is 0. The summed E-state index contributed by atoms with van der Waals surface area (Å²) in [6.07, 6.45) is 0. The van der Waals surface area contributed by atoms with E-state index in [1.165, 1.54) is 0 Å². The van der Waals surface area contributed by atoms with E-state index in [2.05, 4.69) is 9.62 Å². The Morgan fingerprint density at radius 3 is 2.53 bits per heavy atom. The molecule has 0 radical (unpaired) electrons. The largest absolute Gasteiger partial charge is 0.379 e. The maximum absolute atomic E-state index is 11.3. The van der Waals surface area contributed by atoms with Gasteiger partial charge in [0.05, 0.1) is 19.0 Å². The molecule has 0 saturated carbocycles. The molecule has 0 aromatic heterocycles. The minimum atomic E-state index is -3.08. The monoisotopic (exact) mass is 236 g/mol. The molecule has 0 aliphatic carbocycles. The third kappa shape index (κ3) is 4.92. The Kier molecular flexibility index (Phi) is 4.98. The molecule has 0 spiro atoms. The summed E-state index contributed by atoms with van der Waals surface area (Å²) in [4.78, 5) is 2.21. The van der Waals surface area contributed by atoms with Gasteiger partial charge in [-0.25, -0.2) is 13.1 Å². The number of rotatable bonds is 5. The number of hydrogen-bond acceptors (Lipinski definition) is 4. The Hall–Kier alpha value is -0.170. The molecule has 0 amide bonds. The lowest BCUT2D eigenvalue weighted by molar-refractivity contribution is 0.0354. The molecule has 1 fully saturated rings. The first kappa shape index (κ1) is 12.9. The van der Waals surface area contributed by atoms with Crippen LogP contribution in [0.3, 0.4) is 0 Å². The molecular weight excluding hydrogens is 216 g/mol. The van der Waals surface area contributed by atoms with Gasteiger partial charge in [-0.05, 0) is 13.8 Å². The van der Waals surface area contributed by atoms with E-state index in [-0.39, 0.29) is 11.8 Å². The van der Waals surface area contributed by atoms with E-state index in [4.69, 9.17) is 4.74 Å². The van der Waals surface area contributed by atoms with Crippen LogP contribution in [0.15, 0.2) is 0 Å². The molecule has 0 aromatic carbocycles. The third-order valence-electron chi connectivity index (χ3n) is 2.40. The van der Waals surface area contributed by atoms with Crippen LogP contribution in [0.1, 0.15) is 13.8 Å². The van der Waals surface area contributed by atoms with Crippen LogP contribution in [0, 0.1) is 0 Å². The maximum Gasteiger partial charge on any atom is 0.211 e. The van der Waals surface area contributed by atoms with Crippen LogP contribution in [0.25, 0.3) is 0 Å². The molecule has 90 valence electrons. The fraction of sp³-hybridized carbons (Fsp3) is 1.00. The summed E-state index contributed by atoms with van der Waals surface area (Å²) in [5, 5.41) is 0. The van der Waals surface area contributed by atoms with Gasteiger partial charge in [0.2, 0.25) is 10.0 Å². The van der Waals surface area contributed by atoms with Gasteiger partial charge in [0.1, 0.15) is 0 Å². The van der Waals surface area contributed by atoms with Crippen molar-refractivity contribution in [3.05, 3.63) is 0 Å². The highest BCUT2D eigenvalue weighted by Gasteiger charge is 2.17. The quantitative estimate of drug-likeness (QED) is 0.708. The van der Waals surface area contributed by atoms with Crippen molar-refractivity contribution < 1.29 is 13.2 Å². The fourth-order valence-electron chi connectivity index (χ4n) is 1.60. The predicted octanol–water partition coefficient (Wildman–Crippen LogP) is -0.354. The molecule has 15 heavy (non-hydrogen) atoms. The summed E-state index contributed by atoms with van der Waals surface area (Å²) >= 11 is 0. The third-order valence-corrected chi connectivity index (χ3v) is 3.92. The second-order valence-corrected chi connectivity index (χ2v) is 5.88. The molecule has 0 bridgehead atoms. The van der Waals surface area contributed by atoms with Gasteiger partial charge in [0, 0.05) is 25.7 Å². The van der Waals surface area contributed by atoms with Gasteiger partial charge in [-0.1, -0.05) is 0 Å². The highest BCUT2D eigenvalue weighted by molar-refractivity contribution is 7.89. The number of sulfonamides is 1. The lowest BCUT2D eigenvalue weighted by Crippen LogP contribution is -2.46. The van der Waals surface area contributed by atoms with E-state index in [0.717, 1.165) is 32.8 Å². The van der Waals surface area contributed by atoms with Crippen molar-refractivity contribution in [3.63, 3.8) is 0 Å². The van der Waals surface area contributed by atoms with Crippen molar-refractivity contribution in [2.75, 3.05) is 38.6 Å². The van der Waals surface area contributed by atoms with Crippen molar-refractivity contribution in [2.24, 2.45) is 0 Å². The summed E-state index contributed by atoms with van der Waals surface area (Å²) in [7, 11) is -3.08. The summed E-state index contributed by atoms with van der Waals surface area (Å²) in [5.74, 6) is 0.139. The van der Waals surface area contributed by atoms with E-state index >= 15 is 0 Å². The Balaban J connectivity index is 2.31. The van der Waals surface area contributed by atoms with Crippen molar-refractivity contribution in [1.29, 1.82) is 0 Å². The number of nitrogens with zero attached hydrogens (tertiary/aromatic N) is 1. The normalized spacial score (nSPS) is 21.5. The van der Waals surface area contributed by atoms with Gasteiger partial charge >= 0.3 is 0 Å². The smallest absolute Gasteiger partial charge is 0.211 e. The van der Waals surface area contributed by atoms with Crippen LogP contribution in [0.5, 0.6) is 0 Å². The fourth-order valence-corrected chi connectivity index (χ4v) is 2.45. The van der Waals surface area contributed by atoms with E-state index < -0.39 is 10.0 Å². The molecule has 1 saturated heterocycles. The van der Waals surface area contributed by atoms with E-state index in [1.54, 1.807) is 6.92 Å². The van der Waals surface area contributed by atoms with Crippen molar-refractivity contribution in [2.45, 2.75) is 19.9 Å². The highest BCUT2D eigenvalue weighted by Crippen LogP contribution is 1.99. The van der Waals surface area contributed by atoms with Crippen LogP contribution < -0.4 is 4.72 Å². The van der Waals surface area contributed by atoms with Gasteiger partial charge in [0.25, 0.3) is 0 Å². The van der Waals surface area contributed by atoms with Crippen LogP contribution in [0.2, 0.25) is 0 Å². The molecule has 1 heterocycles. The lowest BCUT2D eigenvalue weighted by atomic mass is 10.3. The van der Waals surface area contributed by atoms with Crippen molar-refractivity contribution in [3.8, 4) is 0 Å². The Morgan fingerprint density at radius 1 is 1.40 bits per heavy atom. The topological polar surface area (TPSA) is 58.6 Å². The average Bonchev–Trinajstić information content (AvgIpc) is 2.18. The van der Waals surface area contributed by atoms with Crippen LogP contribution in [-0.2, 0) is 14.8 Å². The number of ether oxygens (including phenoxy) is 1. The second kappa shape index (κ2) is 5.79. The molecule has 1 atom stereocenters. The zero-order valence-electron chi connectivity index (χ0n) is 9.40. The molecular formula is C9H20N2O3S. The molecule has 1 aliphatic heterocycles. The summed E-state index contributed by atoms with van der Waals surface area (Å²) in [6.45, 7) is 7.55. The van der Waals surface area contributed by atoms with Gasteiger partial charge in [-0.15, -0.1) is 0 Å². The lowest BCUT2D eigenvalue weighted by Gasteiger charge is -2.29. The van der Waals surface area contributed by atoms with Crippen LogP contribution in [-0.4, -0.2) is 58.0 Å². The molecule has 1 rings (SSSR count). The van der Waals surface area contributed by atoms with Crippen molar-refractivity contribution in [1.82, 2.24) is 9.62 Å². The van der Waals surface area contributed by atoms with Gasteiger partial charge in [-0.2, -0.15) is 0 Å². The Labute approximate surface area is 91.8 Å². The Morgan fingerprint density at radius 2 is 2.00 bits per heavy atom. The van der Waals surface area contributed by atoms with Gasteiger partial charge in [0.15, 0.2) is 0 Å². The zero-order chi connectivity index (χ0) is 11.3. The first-order valence-corrected chi connectivity index (χ1v) is 6.99. The summed E-state index contributed by atoms with van der Waals surface area (Å²) < 4.78 is 30.5. The summed E-state index contributed by atoms with van der Waals surface area (Å²) in [6, 6.07) is -0.0342. The number of hydrogen-bond donors (Lipinski definition) is 1. The van der Waals surface area contributed by atoms with Gasteiger partial charge < -0.3 is 4.74 Å². The van der Waals surface area contributed by atoms with Crippen LogP contribution >= 0.6 is 0 Å². The minimum absolute atomic E-state index is 0.0342. The van der Waals surface area contributed by atoms with E-state index in [9.17, 15) is 8.42 Å². The molecule has 1 aliphatic rings. The van der Waals surface area contributed by atoms with E-state index in [1.807, 2.05) is 6.92 Å². The van der Waals surface area contributed by atoms with Crippen LogP contribution in [0.4, 0.5) is 0 Å². The molecule has 1 N–H and O–H groups in total. The molecule has 0 aromatic rings. The number of nitrogens with one attached hydrogen (secondary N) is 1. The zero-order valence-corrected chi connectivity index (χ0v) is 10.2. The van der Waals surface area contributed by atoms with E-state index in [0.29, 0.717) is 0 Å². The predicted molar refractivity (Wildman–Crippen MR) is 59.3 cm³/mol. The first-order valence-electron chi connectivity index (χ1n) is 5.33. The second-order valence-electron chi connectivity index (χ2n) is 3.84. The minimum Gasteiger partial charge on any atom is -0.379 e. The first-order chi connectivity index (χ1) is 7.03. The molecule has 5 nitrogen and oxygen atoms in total. The van der Waals surface area contributed by atoms with Crippen molar-refractivity contribution >= 4 is 10.0 Å².